The van der Waals surface area contributed by atoms with E-state index in [9.17, 15) is 13.2 Å². The van der Waals surface area contributed by atoms with Crippen LogP contribution >= 0.6 is 27.3 Å². The predicted molar refractivity (Wildman–Crippen MR) is 75.2 cm³/mol. The van der Waals surface area contributed by atoms with Crippen LogP contribution in [-0.4, -0.2) is 39.4 Å². The molecule has 1 heterocycles. The van der Waals surface area contributed by atoms with Gasteiger partial charge in [-0.3, -0.25) is 4.79 Å². The quantitative estimate of drug-likeness (QED) is 0.892. The van der Waals surface area contributed by atoms with Crippen LogP contribution < -0.4 is 4.72 Å². The summed E-state index contributed by atoms with van der Waals surface area (Å²) in [6.07, 6.45) is 0. The van der Waals surface area contributed by atoms with Crippen LogP contribution in [0, 0.1) is 6.92 Å². The van der Waals surface area contributed by atoms with E-state index in [1.807, 2.05) is 0 Å². The van der Waals surface area contributed by atoms with Crippen molar-refractivity contribution in [3.8, 4) is 0 Å². The number of likely N-dealkylation sites (N-methyl/N-ethyl adjacent to an activating group) is 1. The van der Waals surface area contributed by atoms with Crippen molar-refractivity contribution in [2.45, 2.75) is 24.8 Å². The maximum absolute atomic E-state index is 12.1. The molecule has 5 nitrogen and oxygen atoms in total. The molecule has 0 aliphatic carbocycles. The molecule has 0 aliphatic heterocycles. The Labute approximate surface area is 119 Å². The molecule has 1 aromatic heterocycles. The summed E-state index contributed by atoms with van der Waals surface area (Å²) < 4.78 is 27.3. The van der Waals surface area contributed by atoms with Gasteiger partial charge in [0, 0.05) is 19.0 Å². The molecular weight excluding hydrogens is 340 g/mol. The van der Waals surface area contributed by atoms with Crippen LogP contribution in [0.25, 0.3) is 0 Å². The number of aryl methyl sites for hydroxylation is 1. The normalized spacial score (nSPS) is 13.4. The molecule has 0 aliphatic rings. The molecule has 0 radical (unpaired) electrons. The summed E-state index contributed by atoms with van der Waals surface area (Å²) in [7, 11) is -0.499. The molecule has 1 aromatic rings. The Kier molecular flexibility index (Phi) is 4.93. The first-order valence-corrected chi connectivity index (χ1v) is 8.24. The van der Waals surface area contributed by atoms with E-state index >= 15 is 0 Å². The average molecular weight is 355 g/mol. The van der Waals surface area contributed by atoms with Gasteiger partial charge in [-0.1, -0.05) is 0 Å². The number of hydrogen-bond acceptors (Lipinski definition) is 4. The summed E-state index contributed by atoms with van der Waals surface area (Å²) in [5, 5.41) is 0. The molecule has 0 spiro atoms. The Balaban J connectivity index is 2.96. The van der Waals surface area contributed by atoms with E-state index in [1.165, 1.54) is 29.2 Å². The Morgan fingerprint density at radius 2 is 2.06 bits per heavy atom. The number of rotatable bonds is 4. The fourth-order valence-corrected chi connectivity index (χ4v) is 5.04. The fraction of sp³-hybridized carbons (Fsp3) is 0.500. The Morgan fingerprint density at radius 1 is 1.50 bits per heavy atom. The van der Waals surface area contributed by atoms with Gasteiger partial charge in [0.25, 0.3) is 0 Å². The molecule has 0 fully saturated rings. The second-order valence-corrected chi connectivity index (χ2v) is 8.36. The van der Waals surface area contributed by atoms with Crippen molar-refractivity contribution in [1.29, 1.82) is 0 Å². The first-order chi connectivity index (χ1) is 8.15. The highest BCUT2D eigenvalue weighted by molar-refractivity contribution is 9.11. The van der Waals surface area contributed by atoms with Gasteiger partial charge in [-0.25, -0.2) is 8.42 Å². The second-order valence-electron chi connectivity index (χ2n) is 4.05. The van der Waals surface area contributed by atoms with Gasteiger partial charge in [0.05, 0.1) is 14.7 Å². The summed E-state index contributed by atoms with van der Waals surface area (Å²) in [5.74, 6) is -0.287. The molecule has 1 rings (SSSR count). The Morgan fingerprint density at radius 3 is 2.44 bits per heavy atom. The predicted octanol–water partition coefficient (Wildman–Crippen LogP) is 1.57. The maximum Gasteiger partial charge on any atom is 0.242 e. The van der Waals surface area contributed by atoms with Crippen LogP contribution in [0.5, 0.6) is 0 Å². The standard InChI is InChI=1S/C10H15BrN2O3S2/c1-6(10(14)13(3)4)12-18(15,16)8-5-9(11)17-7(8)2/h5-6,12H,1-4H3. The van der Waals surface area contributed by atoms with Crippen molar-refractivity contribution in [2.24, 2.45) is 0 Å². The number of hydrogen-bond donors (Lipinski definition) is 1. The molecule has 0 aromatic carbocycles. The number of thiophene rings is 1. The lowest BCUT2D eigenvalue weighted by molar-refractivity contribution is -0.130. The van der Waals surface area contributed by atoms with Gasteiger partial charge in [0.2, 0.25) is 15.9 Å². The number of nitrogens with one attached hydrogen (secondary N) is 1. The lowest BCUT2D eigenvalue weighted by Crippen LogP contribution is -2.44. The summed E-state index contributed by atoms with van der Waals surface area (Å²) >= 11 is 4.58. The van der Waals surface area contributed by atoms with E-state index in [0.29, 0.717) is 4.88 Å². The molecular formula is C10H15BrN2O3S2. The molecule has 1 atom stereocenters. The van der Waals surface area contributed by atoms with Crippen molar-refractivity contribution < 1.29 is 13.2 Å². The third-order valence-corrected chi connectivity index (χ3v) is 5.62. The molecule has 1 N–H and O–H groups in total. The maximum atomic E-state index is 12.1. The minimum atomic E-state index is -3.66. The molecule has 1 unspecified atom stereocenters. The summed E-state index contributed by atoms with van der Waals surface area (Å²) in [5.41, 5.74) is 0. The van der Waals surface area contributed by atoms with Crippen LogP contribution in [0.4, 0.5) is 0 Å². The molecule has 102 valence electrons. The van der Waals surface area contributed by atoms with Crippen molar-refractivity contribution >= 4 is 43.2 Å². The molecule has 0 bridgehead atoms. The van der Waals surface area contributed by atoms with Crippen molar-refractivity contribution in [3.05, 3.63) is 14.7 Å². The van der Waals surface area contributed by atoms with E-state index in [2.05, 4.69) is 20.7 Å². The topological polar surface area (TPSA) is 66.5 Å². The summed E-state index contributed by atoms with van der Waals surface area (Å²) in [4.78, 5) is 13.9. The first kappa shape index (κ1) is 15.6. The summed E-state index contributed by atoms with van der Waals surface area (Å²) in [6, 6.07) is 0.748. The SMILES string of the molecule is Cc1sc(Br)cc1S(=O)(=O)NC(C)C(=O)N(C)C. The number of halogens is 1. The van der Waals surface area contributed by atoms with Gasteiger partial charge in [0.1, 0.15) is 0 Å². The Hall–Kier alpha value is -0.440. The smallest absolute Gasteiger partial charge is 0.242 e. The van der Waals surface area contributed by atoms with E-state index in [1.54, 1.807) is 21.0 Å². The zero-order chi connectivity index (χ0) is 14.1. The highest BCUT2D eigenvalue weighted by atomic mass is 79.9. The molecule has 18 heavy (non-hydrogen) atoms. The van der Waals surface area contributed by atoms with Gasteiger partial charge in [0.15, 0.2) is 0 Å². The minimum Gasteiger partial charge on any atom is -0.347 e. The zero-order valence-corrected chi connectivity index (χ0v) is 13.7. The third-order valence-electron chi connectivity index (χ3n) is 2.27. The molecule has 8 heteroatoms. The van der Waals surface area contributed by atoms with Crippen molar-refractivity contribution in [2.75, 3.05) is 14.1 Å². The summed E-state index contributed by atoms with van der Waals surface area (Å²) in [6.45, 7) is 3.25. The third kappa shape index (κ3) is 3.53. The number of amides is 1. The fourth-order valence-electron chi connectivity index (χ4n) is 1.43. The largest absolute Gasteiger partial charge is 0.347 e. The zero-order valence-electron chi connectivity index (χ0n) is 10.5. The van der Waals surface area contributed by atoms with Crippen LogP contribution in [0.2, 0.25) is 0 Å². The number of carbonyl (C=O) groups is 1. The number of carbonyl (C=O) groups excluding carboxylic acids is 1. The molecule has 0 saturated carbocycles. The van der Waals surface area contributed by atoms with E-state index in [0.717, 1.165) is 3.79 Å². The van der Waals surface area contributed by atoms with Gasteiger partial charge in [-0.2, -0.15) is 4.72 Å². The number of nitrogens with zero attached hydrogens (tertiary/aromatic N) is 1. The molecule has 1 amide bonds. The van der Waals surface area contributed by atoms with Gasteiger partial charge >= 0.3 is 0 Å². The first-order valence-electron chi connectivity index (χ1n) is 5.14. The average Bonchev–Trinajstić information content (AvgIpc) is 2.56. The van der Waals surface area contributed by atoms with E-state index in [-0.39, 0.29) is 10.8 Å². The van der Waals surface area contributed by atoms with Crippen LogP contribution in [0.15, 0.2) is 14.7 Å². The highest BCUT2D eigenvalue weighted by Gasteiger charge is 2.25. The number of sulfonamides is 1. The Bertz CT molecular complexity index is 551. The second kappa shape index (κ2) is 5.68. The van der Waals surface area contributed by atoms with Crippen LogP contribution in [0.3, 0.4) is 0 Å². The van der Waals surface area contributed by atoms with Crippen molar-refractivity contribution in [1.82, 2.24) is 9.62 Å². The highest BCUT2D eigenvalue weighted by Crippen LogP contribution is 2.29. The van der Waals surface area contributed by atoms with Gasteiger partial charge < -0.3 is 4.90 Å². The minimum absolute atomic E-state index is 0.206. The van der Waals surface area contributed by atoms with Gasteiger partial charge in [-0.15, -0.1) is 11.3 Å². The van der Waals surface area contributed by atoms with Gasteiger partial charge in [-0.05, 0) is 35.8 Å². The lowest BCUT2D eigenvalue weighted by atomic mass is 10.3. The lowest BCUT2D eigenvalue weighted by Gasteiger charge is -2.17. The van der Waals surface area contributed by atoms with Crippen LogP contribution in [-0.2, 0) is 14.8 Å². The van der Waals surface area contributed by atoms with E-state index < -0.39 is 16.1 Å². The monoisotopic (exact) mass is 354 g/mol. The van der Waals surface area contributed by atoms with E-state index in [4.69, 9.17) is 0 Å². The van der Waals surface area contributed by atoms with Crippen molar-refractivity contribution in [3.63, 3.8) is 0 Å². The molecule has 0 saturated heterocycles. The van der Waals surface area contributed by atoms with Crippen LogP contribution in [0.1, 0.15) is 11.8 Å².